The molecular weight excluding hydrogens is 402 g/mol. The molecule has 12 atom stereocenters. The molecule has 174 valence electrons. The van der Waals surface area contributed by atoms with Crippen LogP contribution in [0.3, 0.4) is 0 Å². The van der Waals surface area contributed by atoms with Crippen LogP contribution in [-0.2, 0) is 28.4 Å². The van der Waals surface area contributed by atoms with E-state index in [1.807, 2.05) is 0 Å². The molecule has 0 aromatic heterocycles. The molecule has 12 heteroatoms. The normalized spacial score (nSPS) is 53.4. The van der Waals surface area contributed by atoms with Crippen molar-refractivity contribution in [1.82, 2.24) is 0 Å². The SMILES string of the molecule is NC1COC2C(N)COC12.NC1COC2C(O)COC12.OC1COC2C(O)COC12. The largest absolute Gasteiger partial charge is 0.388 e. The van der Waals surface area contributed by atoms with Gasteiger partial charge in [-0.2, -0.15) is 0 Å². The van der Waals surface area contributed by atoms with Crippen LogP contribution in [0, 0.1) is 0 Å². The van der Waals surface area contributed by atoms with Crippen LogP contribution in [0.1, 0.15) is 0 Å². The maximum absolute atomic E-state index is 9.21. The minimum Gasteiger partial charge on any atom is -0.388 e. The number of rotatable bonds is 0. The summed E-state index contributed by atoms with van der Waals surface area (Å²) in [6.45, 7) is 2.61. The third-order valence-electron chi connectivity index (χ3n) is 6.20. The van der Waals surface area contributed by atoms with Crippen molar-refractivity contribution in [2.24, 2.45) is 17.2 Å². The van der Waals surface area contributed by atoms with Gasteiger partial charge in [-0.05, 0) is 0 Å². The summed E-state index contributed by atoms with van der Waals surface area (Å²) >= 11 is 0. The summed E-state index contributed by atoms with van der Waals surface area (Å²) < 4.78 is 31.2. The second-order valence-corrected chi connectivity index (χ2v) is 8.48. The zero-order valence-corrected chi connectivity index (χ0v) is 16.7. The lowest BCUT2D eigenvalue weighted by Gasteiger charge is -2.10. The molecule has 12 nitrogen and oxygen atoms in total. The van der Waals surface area contributed by atoms with Crippen LogP contribution in [0.25, 0.3) is 0 Å². The molecule has 0 aromatic carbocycles. The highest BCUT2D eigenvalue weighted by atomic mass is 16.6. The van der Waals surface area contributed by atoms with Gasteiger partial charge in [-0.15, -0.1) is 0 Å². The number of aliphatic hydroxyl groups excluding tert-OH is 3. The lowest BCUT2D eigenvalue weighted by Crippen LogP contribution is -2.39. The van der Waals surface area contributed by atoms with Gasteiger partial charge in [0.1, 0.15) is 54.9 Å². The Balaban J connectivity index is 0.000000109. The second-order valence-electron chi connectivity index (χ2n) is 8.48. The molecule has 6 aliphatic rings. The molecular formula is C18H33N3O9. The molecule has 0 radical (unpaired) electrons. The van der Waals surface area contributed by atoms with E-state index in [0.717, 1.165) is 0 Å². The molecule has 9 N–H and O–H groups in total. The first kappa shape index (κ1) is 22.7. The first-order valence-corrected chi connectivity index (χ1v) is 10.4. The third kappa shape index (κ3) is 4.51. The maximum atomic E-state index is 9.21. The van der Waals surface area contributed by atoms with E-state index < -0.39 is 18.3 Å². The molecule has 0 spiro atoms. The molecule has 6 aliphatic heterocycles. The highest BCUT2D eigenvalue weighted by Crippen LogP contribution is 2.27. The number of fused-ring (bicyclic) bond motifs is 3. The lowest BCUT2D eigenvalue weighted by molar-refractivity contribution is 0.00205. The summed E-state index contributed by atoms with van der Waals surface area (Å²) in [5.74, 6) is 0. The van der Waals surface area contributed by atoms with Crippen molar-refractivity contribution in [3.05, 3.63) is 0 Å². The molecule has 0 aliphatic carbocycles. The van der Waals surface area contributed by atoms with E-state index in [4.69, 9.17) is 55.8 Å². The van der Waals surface area contributed by atoms with E-state index in [1.165, 1.54) is 0 Å². The fraction of sp³-hybridized carbons (Fsp3) is 1.00. The molecule has 0 saturated carbocycles. The van der Waals surface area contributed by atoms with Crippen molar-refractivity contribution < 1.29 is 43.7 Å². The summed E-state index contributed by atoms with van der Waals surface area (Å²) in [7, 11) is 0. The van der Waals surface area contributed by atoms with E-state index in [2.05, 4.69) is 0 Å². The Hall–Kier alpha value is -0.480. The van der Waals surface area contributed by atoms with Crippen LogP contribution in [0.5, 0.6) is 0 Å². The number of hydrogen-bond donors (Lipinski definition) is 6. The van der Waals surface area contributed by atoms with E-state index in [-0.39, 0.29) is 68.0 Å². The minimum absolute atomic E-state index is 0.0264. The van der Waals surface area contributed by atoms with Gasteiger partial charge in [-0.1, -0.05) is 0 Å². The average Bonchev–Trinajstić information content (AvgIpc) is 3.52. The van der Waals surface area contributed by atoms with Crippen LogP contribution in [0.15, 0.2) is 0 Å². The Kier molecular flexibility index (Phi) is 7.24. The fourth-order valence-corrected chi connectivity index (χ4v) is 4.53. The summed E-state index contributed by atoms with van der Waals surface area (Å²) in [4.78, 5) is 0. The third-order valence-corrected chi connectivity index (χ3v) is 6.20. The predicted octanol–water partition coefficient (Wildman–Crippen LogP) is -4.58. The zero-order chi connectivity index (χ0) is 21.4. The van der Waals surface area contributed by atoms with E-state index in [1.54, 1.807) is 0 Å². The smallest absolute Gasteiger partial charge is 0.114 e. The van der Waals surface area contributed by atoms with Gasteiger partial charge in [-0.25, -0.2) is 0 Å². The monoisotopic (exact) mass is 435 g/mol. The van der Waals surface area contributed by atoms with Crippen LogP contribution < -0.4 is 17.2 Å². The Labute approximate surface area is 174 Å². The number of hydrogen-bond acceptors (Lipinski definition) is 12. The quantitative estimate of drug-likeness (QED) is 0.213. The van der Waals surface area contributed by atoms with Gasteiger partial charge in [0, 0.05) is 0 Å². The van der Waals surface area contributed by atoms with E-state index in [9.17, 15) is 5.11 Å². The van der Waals surface area contributed by atoms with Gasteiger partial charge in [0.15, 0.2) is 0 Å². The standard InChI is InChI=1S/C6H12N2O2.C6H11NO3.C6H10O4/c3*7-3-1-9-6-4(8)2-10-5(3)6/h3-6H,1-2,7-8H2;3-6,8H,1-2,7H2;3-8H,1-2H2. The minimum atomic E-state index is -0.554. The van der Waals surface area contributed by atoms with Crippen molar-refractivity contribution in [2.75, 3.05) is 39.6 Å². The summed E-state index contributed by atoms with van der Waals surface area (Å²) in [5.41, 5.74) is 17.0. The molecule has 6 heterocycles. The molecule has 0 aromatic rings. The van der Waals surface area contributed by atoms with Crippen LogP contribution in [0.2, 0.25) is 0 Å². The topological polar surface area (TPSA) is 194 Å². The molecule has 6 fully saturated rings. The van der Waals surface area contributed by atoms with Gasteiger partial charge in [0.25, 0.3) is 0 Å². The lowest BCUT2D eigenvalue weighted by atomic mass is 10.1. The van der Waals surface area contributed by atoms with Crippen molar-refractivity contribution >= 4 is 0 Å². The number of nitrogens with two attached hydrogens (primary N) is 3. The van der Waals surface area contributed by atoms with Gasteiger partial charge in [0.2, 0.25) is 0 Å². The van der Waals surface area contributed by atoms with Crippen LogP contribution in [-0.4, -0.2) is 128 Å². The molecule has 0 bridgehead atoms. The first-order chi connectivity index (χ1) is 14.4. The van der Waals surface area contributed by atoms with Crippen molar-refractivity contribution in [3.8, 4) is 0 Å². The first-order valence-electron chi connectivity index (χ1n) is 10.4. The Bertz CT molecular complexity index is 451. The molecule has 30 heavy (non-hydrogen) atoms. The summed E-state index contributed by atoms with van der Waals surface area (Å²) in [6, 6.07) is -0.000694. The highest BCUT2D eigenvalue weighted by molar-refractivity contribution is 4.98. The maximum Gasteiger partial charge on any atom is 0.114 e. The van der Waals surface area contributed by atoms with Crippen molar-refractivity contribution in [3.63, 3.8) is 0 Å². The Morgan fingerprint density at radius 2 is 0.633 bits per heavy atom. The van der Waals surface area contributed by atoms with Gasteiger partial charge >= 0.3 is 0 Å². The van der Waals surface area contributed by atoms with Gasteiger partial charge < -0.3 is 60.9 Å². The average molecular weight is 435 g/mol. The van der Waals surface area contributed by atoms with Crippen molar-refractivity contribution in [2.45, 2.75) is 73.1 Å². The highest BCUT2D eigenvalue weighted by Gasteiger charge is 2.47. The molecule has 0 amide bonds. The molecule has 6 rings (SSSR count). The van der Waals surface area contributed by atoms with Crippen molar-refractivity contribution in [1.29, 1.82) is 0 Å². The van der Waals surface area contributed by atoms with E-state index >= 15 is 0 Å². The summed E-state index contributed by atoms with van der Waals surface area (Å²) in [6.07, 6.45) is -2.32. The molecule has 12 unspecified atom stereocenters. The van der Waals surface area contributed by atoms with Crippen LogP contribution in [0.4, 0.5) is 0 Å². The summed E-state index contributed by atoms with van der Waals surface area (Å²) in [5, 5.41) is 27.5. The van der Waals surface area contributed by atoms with E-state index in [0.29, 0.717) is 26.4 Å². The fourth-order valence-electron chi connectivity index (χ4n) is 4.53. The second kappa shape index (κ2) is 9.57. The Morgan fingerprint density at radius 1 is 0.400 bits per heavy atom. The zero-order valence-electron chi connectivity index (χ0n) is 16.7. The predicted molar refractivity (Wildman–Crippen MR) is 100 cm³/mol. The van der Waals surface area contributed by atoms with Gasteiger partial charge in [0.05, 0.1) is 57.8 Å². The van der Waals surface area contributed by atoms with Gasteiger partial charge in [-0.3, -0.25) is 0 Å². The van der Waals surface area contributed by atoms with Crippen LogP contribution >= 0.6 is 0 Å². The number of aliphatic hydroxyl groups is 3. The Morgan fingerprint density at radius 3 is 1.00 bits per heavy atom. The number of ether oxygens (including phenoxy) is 6. The molecule has 6 saturated heterocycles.